The normalized spacial score (nSPS) is 10.1. The molecule has 50 valence electrons. The molecule has 0 spiro atoms. The Morgan fingerprint density at radius 3 is 2.78 bits per heavy atom. The molecule has 1 N–H and O–H groups in total. The number of imidazole rings is 1. The van der Waals surface area contributed by atoms with Crippen molar-refractivity contribution in [3.05, 3.63) is 17.7 Å². The van der Waals surface area contributed by atoms with Gasteiger partial charge in [0.2, 0.25) is 0 Å². The van der Waals surface area contributed by atoms with Gasteiger partial charge in [-0.15, -0.1) is 0 Å². The van der Waals surface area contributed by atoms with E-state index in [0.29, 0.717) is 5.69 Å². The lowest BCUT2D eigenvalue weighted by molar-refractivity contribution is 0.276. The van der Waals surface area contributed by atoms with E-state index in [1.165, 1.54) is 10.4 Å². The van der Waals surface area contributed by atoms with E-state index in [0.717, 1.165) is 5.69 Å². The maximum atomic E-state index is 8.60. The van der Waals surface area contributed by atoms with Crippen LogP contribution in [-0.2, 0) is 6.61 Å². The molecule has 0 saturated heterocycles. The average molecular weight is 147 g/mol. The van der Waals surface area contributed by atoms with Crippen LogP contribution in [0.2, 0.25) is 0 Å². The van der Waals surface area contributed by atoms with E-state index in [9.17, 15) is 0 Å². The van der Waals surface area contributed by atoms with Gasteiger partial charge in [0, 0.05) is 11.8 Å². The van der Waals surface area contributed by atoms with Crippen LogP contribution >= 0.6 is 11.8 Å². The lowest BCUT2D eigenvalue weighted by atomic mass is 10.4. The van der Waals surface area contributed by atoms with Crippen LogP contribution in [0.3, 0.4) is 0 Å². The van der Waals surface area contributed by atoms with Crippen LogP contribution in [0.25, 0.3) is 0 Å². The van der Waals surface area contributed by atoms with Gasteiger partial charge in [0.1, 0.15) is 6.33 Å². The van der Waals surface area contributed by atoms with Crippen molar-refractivity contribution in [2.75, 3.05) is 0 Å². The van der Waals surface area contributed by atoms with Crippen molar-refractivity contribution >= 4 is 11.8 Å². The van der Waals surface area contributed by atoms with Crippen molar-refractivity contribution in [1.29, 1.82) is 0 Å². The second kappa shape index (κ2) is 2.37. The highest BCUT2D eigenvalue weighted by molar-refractivity contribution is 6.15. The smallest absolute Gasteiger partial charge is 0.111 e. The van der Waals surface area contributed by atoms with Crippen molar-refractivity contribution in [3.8, 4) is 0 Å². The predicted octanol–water partition coefficient (Wildman–Crippen LogP) is 0.686. The molecule has 0 aliphatic carbocycles. The van der Waals surface area contributed by atoms with Gasteiger partial charge in [-0.2, -0.15) is 0 Å². The highest BCUT2D eigenvalue weighted by atomic mass is 35.5. The van der Waals surface area contributed by atoms with Crippen molar-refractivity contribution < 1.29 is 5.11 Å². The topological polar surface area (TPSA) is 38.1 Å². The van der Waals surface area contributed by atoms with Crippen LogP contribution in [0.15, 0.2) is 6.33 Å². The zero-order chi connectivity index (χ0) is 6.85. The summed E-state index contributed by atoms with van der Waals surface area (Å²) in [6.07, 6.45) is 1.46. The van der Waals surface area contributed by atoms with Gasteiger partial charge in [-0.25, -0.2) is 9.07 Å². The summed E-state index contributed by atoms with van der Waals surface area (Å²) in [5, 5.41) is 8.60. The third-order valence-corrected chi connectivity index (χ3v) is 1.54. The number of aliphatic hydroxyl groups is 1. The van der Waals surface area contributed by atoms with Crippen molar-refractivity contribution in [2.45, 2.75) is 13.5 Å². The zero-order valence-corrected chi connectivity index (χ0v) is 5.76. The summed E-state index contributed by atoms with van der Waals surface area (Å²) < 4.78 is 1.35. The summed E-state index contributed by atoms with van der Waals surface area (Å²) in [6.45, 7) is 1.75. The molecule has 9 heavy (non-hydrogen) atoms. The van der Waals surface area contributed by atoms with Crippen LogP contribution in [-0.4, -0.2) is 14.2 Å². The minimum absolute atomic E-state index is 0.0500. The third-order valence-electron chi connectivity index (χ3n) is 1.20. The molecule has 0 bridgehead atoms. The standard InChI is InChI=1S/C5H7ClN2O/c1-4-5(2-9)7-3-8(4)6/h3,9H,2H2,1H3. The molecule has 0 aromatic carbocycles. The minimum Gasteiger partial charge on any atom is -0.390 e. The van der Waals surface area contributed by atoms with E-state index in [1.54, 1.807) is 6.92 Å². The first-order valence-electron chi connectivity index (χ1n) is 2.55. The number of halogens is 1. The van der Waals surface area contributed by atoms with Crippen molar-refractivity contribution in [3.63, 3.8) is 0 Å². The summed E-state index contributed by atoms with van der Waals surface area (Å²) in [5.74, 6) is 0. The second-order valence-electron chi connectivity index (χ2n) is 1.75. The van der Waals surface area contributed by atoms with Crippen molar-refractivity contribution in [1.82, 2.24) is 9.07 Å². The molecule has 0 aliphatic rings. The molecule has 1 heterocycles. The zero-order valence-electron chi connectivity index (χ0n) is 5.00. The Labute approximate surface area is 58.0 Å². The van der Waals surface area contributed by atoms with Gasteiger partial charge >= 0.3 is 0 Å². The number of rotatable bonds is 1. The molecule has 1 rings (SSSR count). The van der Waals surface area contributed by atoms with Crippen LogP contribution in [0.4, 0.5) is 0 Å². The predicted molar refractivity (Wildman–Crippen MR) is 34.1 cm³/mol. The number of nitrogens with zero attached hydrogens (tertiary/aromatic N) is 2. The lowest BCUT2D eigenvalue weighted by Gasteiger charge is -1.90. The fourth-order valence-corrected chi connectivity index (χ4v) is 0.720. The molecule has 1 aromatic heterocycles. The van der Waals surface area contributed by atoms with E-state index in [4.69, 9.17) is 16.9 Å². The molecule has 0 saturated carbocycles. The van der Waals surface area contributed by atoms with Crippen LogP contribution in [0.1, 0.15) is 11.4 Å². The highest BCUT2D eigenvalue weighted by Gasteiger charge is 2.01. The highest BCUT2D eigenvalue weighted by Crippen LogP contribution is 2.05. The molecule has 0 radical (unpaired) electrons. The molecule has 0 amide bonds. The quantitative estimate of drug-likeness (QED) is 0.633. The van der Waals surface area contributed by atoms with Crippen LogP contribution < -0.4 is 0 Å². The van der Waals surface area contributed by atoms with Gasteiger partial charge in [0.25, 0.3) is 0 Å². The summed E-state index contributed by atoms with van der Waals surface area (Å²) >= 11 is 5.55. The summed E-state index contributed by atoms with van der Waals surface area (Å²) in [6, 6.07) is 0. The van der Waals surface area contributed by atoms with Gasteiger partial charge in [0.15, 0.2) is 0 Å². The monoisotopic (exact) mass is 146 g/mol. The van der Waals surface area contributed by atoms with Gasteiger partial charge in [-0.3, -0.25) is 0 Å². The molecular weight excluding hydrogens is 140 g/mol. The number of aromatic nitrogens is 2. The fourth-order valence-electron chi connectivity index (χ4n) is 0.579. The Morgan fingerprint density at radius 2 is 2.56 bits per heavy atom. The Kier molecular flexibility index (Phi) is 1.73. The van der Waals surface area contributed by atoms with E-state index in [2.05, 4.69) is 4.98 Å². The summed E-state index contributed by atoms with van der Waals surface area (Å²) in [7, 11) is 0. The van der Waals surface area contributed by atoms with Gasteiger partial charge in [0.05, 0.1) is 18.0 Å². The van der Waals surface area contributed by atoms with Gasteiger partial charge in [-0.1, -0.05) is 0 Å². The Bertz CT molecular complexity index is 209. The van der Waals surface area contributed by atoms with E-state index < -0.39 is 0 Å². The van der Waals surface area contributed by atoms with Crippen LogP contribution in [0.5, 0.6) is 0 Å². The molecular formula is C5H7ClN2O. The molecule has 3 nitrogen and oxygen atoms in total. The lowest BCUT2D eigenvalue weighted by Crippen LogP contribution is -1.87. The van der Waals surface area contributed by atoms with Crippen molar-refractivity contribution in [2.24, 2.45) is 0 Å². The van der Waals surface area contributed by atoms with E-state index >= 15 is 0 Å². The molecule has 0 aliphatic heterocycles. The molecule has 4 heteroatoms. The number of aliphatic hydroxyl groups excluding tert-OH is 1. The first-order chi connectivity index (χ1) is 4.25. The van der Waals surface area contributed by atoms with Gasteiger partial charge < -0.3 is 5.11 Å². The minimum atomic E-state index is -0.0500. The third kappa shape index (κ3) is 1.06. The molecule has 0 fully saturated rings. The maximum absolute atomic E-state index is 8.60. The fraction of sp³-hybridized carbons (Fsp3) is 0.400. The average Bonchev–Trinajstić information content (AvgIpc) is 2.15. The first kappa shape index (κ1) is 6.58. The second-order valence-corrected chi connectivity index (χ2v) is 2.11. The Hall–Kier alpha value is -0.540. The number of hydrogen-bond acceptors (Lipinski definition) is 2. The van der Waals surface area contributed by atoms with E-state index in [1.807, 2.05) is 0 Å². The first-order valence-corrected chi connectivity index (χ1v) is 2.89. The van der Waals surface area contributed by atoms with Crippen LogP contribution in [0, 0.1) is 6.92 Å². The SMILES string of the molecule is Cc1c(CO)ncn1Cl. The summed E-state index contributed by atoms with van der Waals surface area (Å²) in [4.78, 5) is 3.81. The number of hydrogen-bond donors (Lipinski definition) is 1. The van der Waals surface area contributed by atoms with Gasteiger partial charge in [-0.05, 0) is 6.92 Å². The molecule has 0 unspecified atom stereocenters. The summed E-state index contributed by atoms with van der Waals surface area (Å²) in [5.41, 5.74) is 1.42. The largest absolute Gasteiger partial charge is 0.390 e. The molecule has 0 atom stereocenters. The Balaban J connectivity index is 3.04. The maximum Gasteiger partial charge on any atom is 0.111 e. The Morgan fingerprint density at radius 1 is 1.89 bits per heavy atom. The molecule has 1 aromatic rings. The van der Waals surface area contributed by atoms with E-state index in [-0.39, 0.29) is 6.61 Å².